The molecule has 0 unspecified atom stereocenters. The summed E-state index contributed by atoms with van der Waals surface area (Å²) >= 11 is 5.92. The molecule has 0 saturated carbocycles. The van der Waals surface area contributed by atoms with Crippen molar-refractivity contribution in [2.45, 2.75) is 31.1 Å². The summed E-state index contributed by atoms with van der Waals surface area (Å²) in [5, 5.41) is 0.201. The summed E-state index contributed by atoms with van der Waals surface area (Å²) in [6, 6.07) is 4.48. The Morgan fingerprint density at radius 2 is 2.00 bits per heavy atom. The zero-order valence-electron chi connectivity index (χ0n) is 10.7. The van der Waals surface area contributed by atoms with E-state index in [0.29, 0.717) is 12.2 Å². The number of nitrogen functional groups attached to an aromatic ring is 1. The summed E-state index contributed by atoms with van der Waals surface area (Å²) in [5.74, 6) is 0. The molecule has 0 aliphatic heterocycles. The predicted octanol–water partition coefficient (Wildman–Crippen LogP) is 2.73. The molecule has 0 amide bonds. The van der Waals surface area contributed by atoms with Crippen LogP contribution in [0.3, 0.4) is 0 Å². The molecule has 4 nitrogen and oxygen atoms in total. The minimum absolute atomic E-state index is 0.0724. The molecule has 0 radical (unpaired) electrons. The molecule has 0 fully saturated rings. The monoisotopic (exact) mass is 290 g/mol. The van der Waals surface area contributed by atoms with E-state index >= 15 is 0 Å². The van der Waals surface area contributed by atoms with E-state index in [1.165, 1.54) is 16.4 Å². The van der Waals surface area contributed by atoms with Crippen molar-refractivity contribution in [1.29, 1.82) is 0 Å². The molecule has 0 heterocycles. The van der Waals surface area contributed by atoms with Crippen molar-refractivity contribution < 1.29 is 8.42 Å². The summed E-state index contributed by atoms with van der Waals surface area (Å²) in [7, 11) is -1.99. The lowest BCUT2D eigenvalue weighted by atomic mass is 10.2. The average Bonchev–Trinajstić information content (AvgIpc) is 2.32. The number of sulfonamides is 1. The van der Waals surface area contributed by atoms with Gasteiger partial charge in [-0.2, -0.15) is 0 Å². The number of hydrogen-bond acceptors (Lipinski definition) is 3. The molecule has 0 atom stereocenters. The fourth-order valence-electron chi connectivity index (χ4n) is 1.59. The Labute approximate surface area is 114 Å². The summed E-state index contributed by atoms with van der Waals surface area (Å²) < 4.78 is 25.9. The van der Waals surface area contributed by atoms with Crippen molar-refractivity contribution in [2.24, 2.45) is 0 Å². The van der Waals surface area contributed by atoms with Crippen LogP contribution in [0.1, 0.15) is 26.2 Å². The SMILES string of the molecule is CCCCCN(C)S(=O)(=O)c1cc(N)ccc1Cl. The molecule has 0 bridgehead atoms. The Morgan fingerprint density at radius 3 is 2.61 bits per heavy atom. The predicted molar refractivity (Wildman–Crippen MR) is 75.2 cm³/mol. The lowest BCUT2D eigenvalue weighted by molar-refractivity contribution is 0.454. The maximum Gasteiger partial charge on any atom is 0.244 e. The van der Waals surface area contributed by atoms with Gasteiger partial charge in [-0.1, -0.05) is 31.4 Å². The Kier molecular flexibility index (Phi) is 5.44. The van der Waals surface area contributed by atoms with E-state index in [0.717, 1.165) is 19.3 Å². The van der Waals surface area contributed by atoms with Gasteiger partial charge in [0.05, 0.1) is 5.02 Å². The third kappa shape index (κ3) is 3.60. The van der Waals surface area contributed by atoms with E-state index in [2.05, 4.69) is 6.92 Å². The van der Waals surface area contributed by atoms with Crippen molar-refractivity contribution in [3.8, 4) is 0 Å². The van der Waals surface area contributed by atoms with E-state index in [1.807, 2.05) is 0 Å². The molecule has 18 heavy (non-hydrogen) atoms. The number of rotatable bonds is 6. The van der Waals surface area contributed by atoms with Crippen LogP contribution in [0.2, 0.25) is 5.02 Å². The Morgan fingerprint density at radius 1 is 1.33 bits per heavy atom. The van der Waals surface area contributed by atoms with Gasteiger partial charge >= 0.3 is 0 Å². The quantitative estimate of drug-likeness (QED) is 0.647. The van der Waals surface area contributed by atoms with Gasteiger partial charge in [0, 0.05) is 19.3 Å². The van der Waals surface area contributed by atoms with E-state index in [1.54, 1.807) is 13.1 Å². The molecule has 6 heteroatoms. The molecule has 0 aliphatic rings. The van der Waals surface area contributed by atoms with Crippen molar-refractivity contribution >= 4 is 27.3 Å². The second kappa shape index (κ2) is 6.41. The van der Waals surface area contributed by atoms with Crippen LogP contribution in [0.15, 0.2) is 23.1 Å². The molecule has 0 saturated heterocycles. The van der Waals surface area contributed by atoms with Gasteiger partial charge in [0.15, 0.2) is 0 Å². The molecule has 0 spiro atoms. The normalized spacial score (nSPS) is 12.0. The molecule has 1 aromatic carbocycles. The second-order valence-electron chi connectivity index (χ2n) is 4.22. The highest BCUT2D eigenvalue weighted by atomic mass is 35.5. The second-order valence-corrected chi connectivity index (χ2v) is 6.64. The van der Waals surface area contributed by atoms with Gasteiger partial charge in [0.1, 0.15) is 4.90 Å². The van der Waals surface area contributed by atoms with Gasteiger partial charge in [-0.25, -0.2) is 12.7 Å². The summed E-state index contributed by atoms with van der Waals surface area (Å²) in [6.07, 6.45) is 2.89. The molecule has 0 aliphatic carbocycles. The molecule has 1 aromatic rings. The number of unbranched alkanes of at least 4 members (excludes halogenated alkanes) is 2. The summed E-state index contributed by atoms with van der Waals surface area (Å²) in [5.41, 5.74) is 5.99. The minimum atomic E-state index is -3.55. The molecular formula is C12H19ClN2O2S. The molecule has 1 rings (SSSR count). The van der Waals surface area contributed by atoms with E-state index in [9.17, 15) is 8.42 Å². The Balaban J connectivity index is 2.95. The molecule has 2 N–H and O–H groups in total. The third-order valence-corrected chi connectivity index (χ3v) is 5.06. The highest BCUT2D eigenvalue weighted by Gasteiger charge is 2.23. The van der Waals surface area contributed by atoms with Gasteiger partial charge in [-0.15, -0.1) is 0 Å². The third-order valence-electron chi connectivity index (χ3n) is 2.72. The van der Waals surface area contributed by atoms with Gasteiger partial charge < -0.3 is 5.73 Å². The van der Waals surface area contributed by atoms with Crippen LogP contribution in [0.4, 0.5) is 5.69 Å². The maximum atomic E-state index is 12.3. The minimum Gasteiger partial charge on any atom is -0.399 e. The first-order valence-corrected chi connectivity index (χ1v) is 7.72. The average molecular weight is 291 g/mol. The van der Waals surface area contributed by atoms with Crippen molar-refractivity contribution in [1.82, 2.24) is 4.31 Å². The Hall–Kier alpha value is -0.780. The molecule has 102 valence electrons. The van der Waals surface area contributed by atoms with Crippen LogP contribution in [0.25, 0.3) is 0 Å². The first-order valence-electron chi connectivity index (χ1n) is 5.91. The van der Waals surface area contributed by atoms with Gasteiger partial charge in [-0.05, 0) is 24.6 Å². The number of nitrogens with zero attached hydrogens (tertiary/aromatic N) is 1. The Bertz CT molecular complexity index is 503. The number of benzene rings is 1. The van der Waals surface area contributed by atoms with Crippen LogP contribution < -0.4 is 5.73 Å². The standard InChI is InChI=1S/C12H19ClN2O2S/c1-3-4-5-8-15(2)18(16,17)12-9-10(14)6-7-11(12)13/h6-7,9H,3-5,8,14H2,1-2H3. The molecular weight excluding hydrogens is 272 g/mol. The first-order chi connectivity index (χ1) is 8.39. The lowest BCUT2D eigenvalue weighted by Crippen LogP contribution is -2.28. The number of hydrogen-bond donors (Lipinski definition) is 1. The van der Waals surface area contributed by atoms with Crippen LogP contribution in [-0.4, -0.2) is 26.3 Å². The van der Waals surface area contributed by atoms with E-state index in [-0.39, 0.29) is 9.92 Å². The van der Waals surface area contributed by atoms with Crippen molar-refractivity contribution in [3.63, 3.8) is 0 Å². The topological polar surface area (TPSA) is 63.4 Å². The zero-order chi connectivity index (χ0) is 13.8. The number of anilines is 1. The van der Waals surface area contributed by atoms with E-state index in [4.69, 9.17) is 17.3 Å². The summed E-state index contributed by atoms with van der Waals surface area (Å²) in [6.45, 7) is 2.56. The highest BCUT2D eigenvalue weighted by Crippen LogP contribution is 2.26. The van der Waals surface area contributed by atoms with Gasteiger partial charge in [0.25, 0.3) is 0 Å². The fraction of sp³-hybridized carbons (Fsp3) is 0.500. The van der Waals surface area contributed by atoms with Gasteiger partial charge in [0.2, 0.25) is 10.0 Å². The maximum absolute atomic E-state index is 12.3. The lowest BCUT2D eigenvalue weighted by Gasteiger charge is -2.18. The van der Waals surface area contributed by atoms with Crippen LogP contribution in [-0.2, 0) is 10.0 Å². The van der Waals surface area contributed by atoms with Gasteiger partial charge in [-0.3, -0.25) is 0 Å². The van der Waals surface area contributed by atoms with E-state index < -0.39 is 10.0 Å². The van der Waals surface area contributed by atoms with Crippen LogP contribution in [0.5, 0.6) is 0 Å². The first kappa shape index (κ1) is 15.3. The summed E-state index contributed by atoms with van der Waals surface area (Å²) in [4.78, 5) is 0.0724. The van der Waals surface area contributed by atoms with Crippen LogP contribution in [0, 0.1) is 0 Å². The highest BCUT2D eigenvalue weighted by molar-refractivity contribution is 7.89. The molecule has 0 aromatic heterocycles. The van der Waals surface area contributed by atoms with Crippen LogP contribution >= 0.6 is 11.6 Å². The fourth-order valence-corrected chi connectivity index (χ4v) is 3.30. The smallest absolute Gasteiger partial charge is 0.244 e. The largest absolute Gasteiger partial charge is 0.399 e. The number of nitrogens with two attached hydrogens (primary N) is 1. The zero-order valence-corrected chi connectivity index (χ0v) is 12.3. The van der Waals surface area contributed by atoms with Crippen molar-refractivity contribution in [3.05, 3.63) is 23.2 Å². The van der Waals surface area contributed by atoms with Crippen molar-refractivity contribution in [2.75, 3.05) is 19.3 Å². The number of halogens is 1.